The minimum atomic E-state index is -0.637. The number of hydrogen-bond acceptors (Lipinski definition) is 3. The summed E-state index contributed by atoms with van der Waals surface area (Å²) in [6.45, 7) is 7.66. The Bertz CT molecular complexity index is 230. The van der Waals surface area contributed by atoms with Gasteiger partial charge in [-0.15, -0.1) is 0 Å². The Kier molecular flexibility index (Phi) is 4.56. The van der Waals surface area contributed by atoms with Crippen molar-refractivity contribution < 1.29 is 0 Å². The molecule has 1 fully saturated rings. The average Bonchev–Trinajstić information content (AvgIpc) is 2.18. The Hall–Kier alpha value is -0.590. The molecule has 0 aromatic heterocycles. The van der Waals surface area contributed by atoms with Crippen LogP contribution in [0.25, 0.3) is 0 Å². The standard InChI is InChI=1S/C12H23N3/c1-11-5-3-7-15(9-11)8-4-6-12(2,14)10-13/h11H,3-9,14H2,1-2H3. The molecule has 2 N–H and O–H groups in total. The van der Waals surface area contributed by atoms with Crippen LogP contribution in [0.2, 0.25) is 0 Å². The molecule has 3 nitrogen and oxygen atoms in total. The highest BCUT2D eigenvalue weighted by atomic mass is 15.1. The molecule has 15 heavy (non-hydrogen) atoms. The maximum atomic E-state index is 8.78. The van der Waals surface area contributed by atoms with Crippen LogP contribution in [0, 0.1) is 17.2 Å². The average molecular weight is 209 g/mol. The second kappa shape index (κ2) is 5.48. The number of nitrogens with two attached hydrogens (primary N) is 1. The summed E-state index contributed by atoms with van der Waals surface area (Å²) in [4.78, 5) is 2.50. The third-order valence-electron chi connectivity index (χ3n) is 3.17. The first-order valence-electron chi connectivity index (χ1n) is 5.96. The van der Waals surface area contributed by atoms with Gasteiger partial charge in [0, 0.05) is 6.54 Å². The van der Waals surface area contributed by atoms with Crippen LogP contribution in [0.15, 0.2) is 0 Å². The fourth-order valence-electron chi connectivity index (χ4n) is 2.22. The maximum absolute atomic E-state index is 8.78. The van der Waals surface area contributed by atoms with E-state index in [0.29, 0.717) is 0 Å². The topological polar surface area (TPSA) is 53.0 Å². The number of nitriles is 1. The third kappa shape index (κ3) is 4.63. The smallest absolute Gasteiger partial charge is 0.101 e. The van der Waals surface area contributed by atoms with Gasteiger partial charge in [-0.3, -0.25) is 0 Å². The highest BCUT2D eigenvalue weighted by Gasteiger charge is 2.19. The first kappa shape index (κ1) is 12.5. The monoisotopic (exact) mass is 209 g/mol. The molecule has 0 spiro atoms. The zero-order chi connectivity index (χ0) is 11.3. The fourth-order valence-corrected chi connectivity index (χ4v) is 2.22. The summed E-state index contributed by atoms with van der Waals surface area (Å²) < 4.78 is 0. The number of piperidine rings is 1. The van der Waals surface area contributed by atoms with Crippen molar-refractivity contribution in [3.8, 4) is 6.07 Å². The van der Waals surface area contributed by atoms with Gasteiger partial charge in [0.05, 0.1) is 6.07 Å². The van der Waals surface area contributed by atoms with E-state index in [-0.39, 0.29) is 0 Å². The van der Waals surface area contributed by atoms with E-state index >= 15 is 0 Å². The Morgan fingerprint density at radius 3 is 2.93 bits per heavy atom. The number of nitrogens with zero attached hydrogens (tertiary/aromatic N) is 2. The van der Waals surface area contributed by atoms with E-state index in [1.165, 1.54) is 25.9 Å². The Morgan fingerprint density at radius 2 is 2.33 bits per heavy atom. The van der Waals surface area contributed by atoms with E-state index in [4.69, 9.17) is 11.0 Å². The minimum absolute atomic E-state index is 0.637. The SMILES string of the molecule is CC1CCCN(CCCC(C)(N)C#N)C1. The normalized spacial score (nSPS) is 26.9. The molecule has 0 aliphatic carbocycles. The lowest BCUT2D eigenvalue weighted by Gasteiger charge is -2.31. The molecule has 2 unspecified atom stereocenters. The molecule has 3 heteroatoms. The summed E-state index contributed by atoms with van der Waals surface area (Å²) in [6, 6.07) is 2.15. The molecule has 0 aromatic carbocycles. The van der Waals surface area contributed by atoms with Gasteiger partial charge in [0.25, 0.3) is 0 Å². The number of rotatable bonds is 4. The lowest BCUT2D eigenvalue weighted by Crippen LogP contribution is -2.38. The van der Waals surface area contributed by atoms with Crippen molar-refractivity contribution in [2.75, 3.05) is 19.6 Å². The highest BCUT2D eigenvalue weighted by molar-refractivity contribution is 5.00. The van der Waals surface area contributed by atoms with Crippen molar-refractivity contribution >= 4 is 0 Å². The van der Waals surface area contributed by atoms with Crippen LogP contribution in [-0.2, 0) is 0 Å². The van der Waals surface area contributed by atoms with Crippen LogP contribution >= 0.6 is 0 Å². The summed E-state index contributed by atoms with van der Waals surface area (Å²) >= 11 is 0. The van der Waals surface area contributed by atoms with Crippen molar-refractivity contribution in [3.05, 3.63) is 0 Å². The van der Waals surface area contributed by atoms with Gasteiger partial charge < -0.3 is 10.6 Å². The molecule has 1 rings (SSSR count). The van der Waals surface area contributed by atoms with E-state index < -0.39 is 5.54 Å². The molecular formula is C12H23N3. The molecule has 0 aromatic rings. The van der Waals surface area contributed by atoms with Gasteiger partial charge in [-0.25, -0.2) is 0 Å². The van der Waals surface area contributed by atoms with E-state index in [0.717, 1.165) is 25.3 Å². The van der Waals surface area contributed by atoms with E-state index in [2.05, 4.69) is 17.9 Å². The highest BCUT2D eigenvalue weighted by Crippen LogP contribution is 2.16. The predicted molar refractivity (Wildman–Crippen MR) is 62.3 cm³/mol. The lowest BCUT2D eigenvalue weighted by atomic mass is 9.97. The van der Waals surface area contributed by atoms with Crippen molar-refractivity contribution in [1.82, 2.24) is 4.90 Å². The molecule has 2 atom stereocenters. The quantitative estimate of drug-likeness (QED) is 0.767. The van der Waals surface area contributed by atoms with Crippen LogP contribution in [-0.4, -0.2) is 30.1 Å². The van der Waals surface area contributed by atoms with E-state index in [9.17, 15) is 0 Å². The van der Waals surface area contributed by atoms with Gasteiger partial charge in [-0.2, -0.15) is 5.26 Å². The van der Waals surface area contributed by atoms with Crippen molar-refractivity contribution in [1.29, 1.82) is 5.26 Å². The van der Waals surface area contributed by atoms with Gasteiger partial charge >= 0.3 is 0 Å². The number of likely N-dealkylation sites (tertiary alicyclic amines) is 1. The van der Waals surface area contributed by atoms with Gasteiger partial charge in [-0.1, -0.05) is 6.92 Å². The molecule has 86 valence electrons. The number of hydrogen-bond donors (Lipinski definition) is 1. The summed E-state index contributed by atoms with van der Waals surface area (Å²) in [7, 11) is 0. The molecule has 0 saturated carbocycles. The first-order chi connectivity index (χ1) is 7.03. The molecule has 1 saturated heterocycles. The Balaban J connectivity index is 2.18. The van der Waals surface area contributed by atoms with Crippen LogP contribution in [0.1, 0.15) is 39.5 Å². The van der Waals surface area contributed by atoms with Crippen LogP contribution in [0.5, 0.6) is 0 Å². The van der Waals surface area contributed by atoms with Crippen LogP contribution < -0.4 is 5.73 Å². The lowest BCUT2D eigenvalue weighted by molar-refractivity contribution is 0.179. The Morgan fingerprint density at radius 1 is 1.60 bits per heavy atom. The first-order valence-corrected chi connectivity index (χ1v) is 5.96. The largest absolute Gasteiger partial charge is 0.314 e. The molecular weight excluding hydrogens is 186 g/mol. The van der Waals surface area contributed by atoms with Gasteiger partial charge in [0.2, 0.25) is 0 Å². The molecule has 1 heterocycles. The second-order valence-corrected chi connectivity index (χ2v) is 5.18. The summed E-state index contributed by atoms with van der Waals surface area (Å²) in [5.74, 6) is 0.832. The molecule has 0 amide bonds. The summed E-state index contributed by atoms with van der Waals surface area (Å²) in [6.07, 6.45) is 4.52. The van der Waals surface area contributed by atoms with Crippen molar-refractivity contribution in [2.24, 2.45) is 11.7 Å². The van der Waals surface area contributed by atoms with Crippen LogP contribution in [0.4, 0.5) is 0 Å². The summed E-state index contributed by atoms with van der Waals surface area (Å²) in [5.41, 5.74) is 5.14. The van der Waals surface area contributed by atoms with Crippen molar-refractivity contribution in [3.63, 3.8) is 0 Å². The van der Waals surface area contributed by atoms with Gasteiger partial charge in [0.15, 0.2) is 0 Å². The van der Waals surface area contributed by atoms with Crippen LogP contribution in [0.3, 0.4) is 0 Å². The zero-order valence-electron chi connectivity index (χ0n) is 10.00. The van der Waals surface area contributed by atoms with Gasteiger partial charge in [0.1, 0.15) is 5.54 Å². The molecule has 1 aliphatic rings. The minimum Gasteiger partial charge on any atom is -0.314 e. The zero-order valence-corrected chi connectivity index (χ0v) is 10.00. The van der Waals surface area contributed by atoms with Crippen molar-refractivity contribution in [2.45, 2.75) is 45.1 Å². The van der Waals surface area contributed by atoms with Gasteiger partial charge in [-0.05, 0) is 51.6 Å². The predicted octanol–water partition coefficient (Wildman–Crippen LogP) is 1.74. The third-order valence-corrected chi connectivity index (χ3v) is 3.17. The molecule has 0 bridgehead atoms. The maximum Gasteiger partial charge on any atom is 0.101 e. The second-order valence-electron chi connectivity index (χ2n) is 5.18. The Labute approximate surface area is 93.2 Å². The molecule has 1 aliphatic heterocycles. The molecule has 0 radical (unpaired) electrons. The van der Waals surface area contributed by atoms with E-state index in [1.807, 2.05) is 6.92 Å². The summed E-state index contributed by atoms with van der Waals surface area (Å²) in [5, 5.41) is 8.78. The van der Waals surface area contributed by atoms with E-state index in [1.54, 1.807) is 0 Å². The fraction of sp³-hybridized carbons (Fsp3) is 0.917.